The highest BCUT2D eigenvalue weighted by molar-refractivity contribution is 6.06. The molecule has 0 aliphatic carbocycles. The van der Waals surface area contributed by atoms with E-state index in [9.17, 15) is 4.79 Å². The van der Waals surface area contributed by atoms with E-state index >= 15 is 0 Å². The molecule has 0 saturated heterocycles. The van der Waals surface area contributed by atoms with Crippen molar-refractivity contribution in [2.45, 2.75) is 26.2 Å². The number of benzene rings is 1. The summed E-state index contributed by atoms with van der Waals surface area (Å²) in [5.74, 6) is 1.52. The van der Waals surface area contributed by atoms with Crippen molar-refractivity contribution in [2.75, 3.05) is 26.0 Å². The Bertz CT molecular complexity index is 1120. The van der Waals surface area contributed by atoms with Gasteiger partial charge in [-0.1, -0.05) is 25.1 Å². The predicted octanol–water partition coefficient (Wildman–Crippen LogP) is 3.26. The number of nitrogens with one attached hydrogen (secondary N) is 2. The highest BCUT2D eigenvalue weighted by atomic mass is 16.1. The lowest BCUT2D eigenvalue weighted by atomic mass is 9.96. The maximum Gasteiger partial charge on any atom is 0.251 e. The van der Waals surface area contributed by atoms with Crippen LogP contribution in [0.4, 0.5) is 5.82 Å². The number of nitrogens with zero attached hydrogens (tertiary/aromatic N) is 5. The van der Waals surface area contributed by atoms with Crippen molar-refractivity contribution < 1.29 is 4.79 Å². The fourth-order valence-electron chi connectivity index (χ4n) is 3.23. The van der Waals surface area contributed by atoms with Gasteiger partial charge in [-0.3, -0.25) is 14.8 Å². The van der Waals surface area contributed by atoms with Crippen molar-refractivity contribution >= 4 is 34.7 Å². The summed E-state index contributed by atoms with van der Waals surface area (Å²) in [4.78, 5) is 33.6. The second kappa shape index (κ2) is 10.4. The lowest BCUT2D eigenvalue weighted by molar-refractivity contribution is 0.0964. The molecular weight excluding hydrogens is 390 g/mol. The minimum atomic E-state index is -0.118. The third kappa shape index (κ3) is 5.48. The van der Waals surface area contributed by atoms with Gasteiger partial charge in [-0.05, 0) is 18.6 Å². The third-order valence-corrected chi connectivity index (χ3v) is 5.02. The topological polar surface area (TPSA) is 105 Å². The molecule has 8 nitrogen and oxygen atoms in total. The Hall–Kier alpha value is -3.68. The van der Waals surface area contributed by atoms with Crippen LogP contribution in [0.3, 0.4) is 0 Å². The predicted molar refractivity (Wildman–Crippen MR) is 125 cm³/mol. The third-order valence-electron chi connectivity index (χ3n) is 5.02. The average molecular weight is 418 g/mol. The summed E-state index contributed by atoms with van der Waals surface area (Å²) in [6.45, 7) is 4.64. The number of carbonyl (C=O) groups excluding carboxylic acids is 1. The second-order valence-corrected chi connectivity index (χ2v) is 7.14. The first-order valence-electron chi connectivity index (χ1n) is 10.1. The Labute approximate surface area is 182 Å². The van der Waals surface area contributed by atoms with Crippen LogP contribution in [0.2, 0.25) is 0 Å². The number of para-hydroxylation sites is 1. The molecule has 2 aromatic heterocycles. The molecule has 0 saturated carbocycles. The first-order valence-corrected chi connectivity index (χ1v) is 10.1. The molecule has 0 aliphatic heterocycles. The molecule has 8 heteroatoms. The summed E-state index contributed by atoms with van der Waals surface area (Å²) < 4.78 is 0. The van der Waals surface area contributed by atoms with Gasteiger partial charge >= 0.3 is 0 Å². The van der Waals surface area contributed by atoms with Crippen LogP contribution in [0.5, 0.6) is 0 Å². The number of rotatable bonds is 7. The number of hydrogen-bond acceptors (Lipinski definition) is 6. The molecule has 3 aromatic rings. The first-order chi connectivity index (χ1) is 15.0. The molecule has 1 amide bonds. The van der Waals surface area contributed by atoms with Crippen LogP contribution in [0.25, 0.3) is 10.9 Å². The van der Waals surface area contributed by atoms with Gasteiger partial charge in [0.2, 0.25) is 0 Å². The Morgan fingerprint density at radius 1 is 1.23 bits per heavy atom. The Balaban J connectivity index is 1.74. The number of hydrogen-bond donors (Lipinski definition) is 2. The van der Waals surface area contributed by atoms with Crippen LogP contribution < -0.4 is 10.6 Å². The monoisotopic (exact) mass is 417 g/mol. The van der Waals surface area contributed by atoms with Crippen LogP contribution >= 0.6 is 0 Å². The lowest BCUT2D eigenvalue weighted by Gasteiger charge is -2.16. The molecule has 0 aliphatic rings. The van der Waals surface area contributed by atoms with Gasteiger partial charge in [-0.25, -0.2) is 15.0 Å². The maximum absolute atomic E-state index is 12.2. The maximum atomic E-state index is 12.2. The van der Waals surface area contributed by atoms with Gasteiger partial charge in [0.25, 0.3) is 5.91 Å². The molecule has 1 aromatic carbocycles. The lowest BCUT2D eigenvalue weighted by Crippen LogP contribution is -2.18. The number of fused-ring (bicyclic) bond motifs is 1. The fourth-order valence-corrected chi connectivity index (χ4v) is 3.23. The van der Waals surface area contributed by atoms with Crippen molar-refractivity contribution in [1.29, 1.82) is 0 Å². The highest BCUT2D eigenvalue weighted by Crippen LogP contribution is 2.26. The van der Waals surface area contributed by atoms with E-state index in [1.165, 1.54) is 0 Å². The number of aliphatic imine (C=N–C) groups is 2. The number of aromatic nitrogens is 3. The molecule has 3 rings (SSSR count). The van der Waals surface area contributed by atoms with E-state index in [2.05, 4.69) is 48.6 Å². The van der Waals surface area contributed by atoms with Gasteiger partial charge in [0.15, 0.2) is 0 Å². The zero-order valence-electron chi connectivity index (χ0n) is 18.3. The van der Waals surface area contributed by atoms with Gasteiger partial charge in [0.1, 0.15) is 18.0 Å². The van der Waals surface area contributed by atoms with E-state index < -0.39 is 0 Å². The molecule has 2 heterocycles. The molecular formula is C23H27N7O. The number of amidine groups is 1. The number of pyridine rings is 1. The molecule has 160 valence electrons. The van der Waals surface area contributed by atoms with E-state index in [1.54, 1.807) is 38.9 Å². The van der Waals surface area contributed by atoms with Crippen LogP contribution in [0.15, 0.2) is 52.8 Å². The quantitative estimate of drug-likeness (QED) is 0.453. The Kier molecular flexibility index (Phi) is 7.37. The van der Waals surface area contributed by atoms with Gasteiger partial charge in [-0.2, -0.15) is 0 Å². The van der Waals surface area contributed by atoms with E-state index in [0.717, 1.165) is 33.8 Å². The summed E-state index contributed by atoms with van der Waals surface area (Å²) in [5.41, 5.74) is 3.41. The molecule has 31 heavy (non-hydrogen) atoms. The summed E-state index contributed by atoms with van der Waals surface area (Å²) in [5, 5.41) is 6.92. The summed E-state index contributed by atoms with van der Waals surface area (Å²) >= 11 is 0. The van der Waals surface area contributed by atoms with E-state index in [-0.39, 0.29) is 11.8 Å². The largest absolute Gasteiger partial charge is 0.369 e. The van der Waals surface area contributed by atoms with Gasteiger partial charge in [0.05, 0.1) is 16.8 Å². The van der Waals surface area contributed by atoms with Gasteiger partial charge in [-0.15, -0.1) is 0 Å². The molecule has 1 unspecified atom stereocenters. The van der Waals surface area contributed by atoms with Crippen molar-refractivity contribution in [1.82, 2.24) is 20.3 Å². The number of carbonyl (C=O) groups is 1. The highest BCUT2D eigenvalue weighted by Gasteiger charge is 2.15. The van der Waals surface area contributed by atoms with Crippen LogP contribution in [-0.2, 0) is 6.42 Å². The van der Waals surface area contributed by atoms with Crippen molar-refractivity contribution in [3.05, 3.63) is 59.7 Å². The van der Waals surface area contributed by atoms with Crippen molar-refractivity contribution in [2.24, 2.45) is 9.98 Å². The zero-order chi connectivity index (χ0) is 22.2. The Morgan fingerprint density at radius 2 is 2.06 bits per heavy atom. The van der Waals surface area contributed by atoms with Gasteiger partial charge < -0.3 is 10.6 Å². The average Bonchev–Trinajstić information content (AvgIpc) is 2.81. The second-order valence-electron chi connectivity index (χ2n) is 7.14. The first kappa shape index (κ1) is 22.0. The fraction of sp³-hybridized carbons (Fsp3) is 0.304. The van der Waals surface area contributed by atoms with E-state index in [0.29, 0.717) is 18.5 Å². The van der Waals surface area contributed by atoms with Crippen LogP contribution in [0, 0.1) is 0 Å². The SMILES string of the molecule is CN=C(C)N=CCc1cc(NCC(C)c2cccc3c(C(=O)NC)ccnc23)ncn1. The summed E-state index contributed by atoms with van der Waals surface area (Å²) in [6.07, 6.45) is 5.63. The van der Waals surface area contributed by atoms with Crippen LogP contribution in [-0.4, -0.2) is 53.5 Å². The Morgan fingerprint density at radius 3 is 2.84 bits per heavy atom. The molecule has 0 spiro atoms. The van der Waals surface area contributed by atoms with E-state index in [4.69, 9.17) is 0 Å². The smallest absolute Gasteiger partial charge is 0.251 e. The summed E-state index contributed by atoms with van der Waals surface area (Å²) in [6, 6.07) is 9.61. The minimum Gasteiger partial charge on any atom is -0.369 e. The van der Waals surface area contributed by atoms with Crippen molar-refractivity contribution in [3.63, 3.8) is 0 Å². The molecule has 0 fully saturated rings. The summed E-state index contributed by atoms with van der Waals surface area (Å²) in [7, 11) is 3.34. The number of amides is 1. The zero-order valence-corrected chi connectivity index (χ0v) is 18.3. The van der Waals surface area contributed by atoms with E-state index in [1.807, 2.05) is 25.1 Å². The van der Waals surface area contributed by atoms with Gasteiger partial charge in [0, 0.05) is 56.8 Å². The normalized spacial score (nSPS) is 12.8. The molecule has 0 radical (unpaired) electrons. The van der Waals surface area contributed by atoms with Crippen molar-refractivity contribution in [3.8, 4) is 0 Å². The van der Waals surface area contributed by atoms with Crippen LogP contribution in [0.1, 0.15) is 41.4 Å². The molecule has 0 bridgehead atoms. The minimum absolute atomic E-state index is 0.118. The molecule has 1 atom stereocenters. The molecule has 2 N–H and O–H groups in total. The standard InChI is InChI=1S/C23H27N7O/c1-15(13-28-21-12-17(29-14-30-21)8-10-26-16(2)24-3)18-6-5-7-19-20(23(31)25-4)9-11-27-22(18)19/h5-7,9-12,14-15H,8,13H2,1-4H3,(H,25,31)(H,28,29,30). The number of anilines is 1.